The van der Waals surface area contributed by atoms with Crippen molar-refractivity contribution in [3.63, 3.8) is 0 Å². The summed E-state index contributed by atoms with van der Waals surface area (Å²) in [6.45, 7) is 0. The summed E-state index contributed by atoms with van der Waals surface area (Å²) in [5.74, 6) is -0.386. The SMILES string of the molecule is Cn1c(=O)oc2cc(-c3ccnc(Cl)n3)ccc21. The lowest BCUT2D eigenvalue weighted by Crippen LogP contribution is -2.08. The van der Waals surface area contributed by atoms with Crippen LogP contribution in [0.4, 0.5) is 0 Å². The second kappa shape index (κ2) is 3.96. The molecule has 0 saturated carbocycles. The highest BCUT2D eigenvalue weighted by molar-refractivity contribution is 6.28. The summed E-state index contributed by atoms with van der Waals surface area (Å²) >= 11 is 5.74. The second-order valence-corrected chi connectivity index (χ2v) is 4.16. The molecule has 90 valence electrons. The fraction of sp³-hybridized carbons (Fsp3) is 0.0833. The maximum absolute atomic E-state index is 11.4. The first-order valence-electron chi connectivity index (χ1n) is 5.23. The number of fused-ring (bicyclic) bond motifs is 1. The van der Waals surface area contributed by atoms with Gasteiger partial charge in [0.15, 0.2) is 5.58 Å². The molecular weight excluding hydrogens is 254 g/mol. The molecule has 0 saturated heterocycles. The average molecular weight is 262 g/mol. The van der Waals surface area contributed by atoms with Crippen LogP contribution in [0.3, 0.4) is 0 Å². The lowest BCUT2D eigenvalue weighted by atomic mass is 10.1. The minimum absolute atomic E-state index is 0.183. The van der Waals surface area contributed by atoms with Gasteiger partial charge in [0.25, 0.3) is 0 Å². The Labute approximate surface area is 107 Å². The van der Waals surface area contributed by atoms with Crippen LogP contribution in [0.25, 0.3) is 22.4 Å². The minimum atomic E-state index is -0.386. The van der Waals surface area contributed by atoms with Gasteiger partial charge >= 0.3 is 5.76 Å². The predicted octanol–water partition coefficient (Wildman–Crippen LogP) is 2.24. The van der Waals surface area contributed by atoms with Gasteiger partial charge < -0.3 is 4.42 Å². The van der Waals surface area contributed by atoms with Gasteiger partial charge in [0, 0.05) is 18.8 Å². The molecule has 2 aromatic heterocycles. The summed E-state index contributed by atoms with van der Waals surface area (Å²) < 4.78 is 6.57. The molecular formula is C12H8ClN3O2. The van der Waals surface area contributed by atoms with E-state index in [1.165, 1.54) is 4.57 Å². The van der Waals surface area contributed by atoms with E-state index in [9.17, 15) is 4.79 Å². The zero-order chi connectivity index (χ0) is 12.7. The number of hydrogen-bond donors (Lipinski definition) is 0. The minimum Gasteiger partial charge on any atom is -0.408 e. The van der Waals surface area contributed by atoms with Crippen molar-refractivity contribution in [3.05, 3.63) is 46.3 Å². The summed E-state index contributed by atoms with van der Waals surface area (Å²) in [6.07, 6.45) is 1.58. The highest BCUT2D eigenvalue weighted by Gasteiger charge is 2.08. The molecule has 2 heterocycles. The Morgan fingerprint density at radius 2 is 2.17 bits per heavy atom. The van der Waals surface area contributed by atoms with Gasteiger partial charge in [0.1, 0.15) is 0 Å². The lowest BCUT2D eigenvalue weighted by molar-refractivity contribution is 0.528. The first-order chi connectivity index (χ1) is 8.65. The molecule has 3 rings (SSSR count). The van der Waals surface area contributed by atoms with Crippen LogP contribution >= 0.6 is 11.6 Å². The second-order valence-electron chi connectivity index (χ2n) is 3.82. The van der Waals surface area contributed by atoms with Gasteiger partial charge in [0.05, 0.1) is 11.2 Å². The standard InChI is InChI=1S/C12H8ClN3O2/c1-16-9-3-2-7(6-10(9)18-12(16)17)8-4-5-14-11(13)15-8/h2-6H,1H3. The first kappa shape index (κ1) is 11.0. The number of nitrogens with zero attached hydrogens (tertiary/aromatic N) is 3. The number of benzene rings is 1. The molecule has 5 nitrogen and oxygen atoms in total. The van der Waals surface area contributed by atoms with Crippen molar-refractivity contribution < 1.29 is 4.42 Å². The van der Waals surface area contributed by atoms with Crippen molar-refractivity contribution in [1.29, 1.82) is 0 Å². The molecule has 0 aliphatic rings. The molecule has 0 N–H and O–H groups in total. The highest BCUT2D eigenvalue weighted by atomic mass is 35.5. The van der Waals surface area contributed by atoms with Gasteiger partial charge in [-0.1, -0.05) is 6.07 Å². The van der Waals surface area contributed by atoms with E-state index in [2.05, 4.69) is 9.97 Å². The third-order valence-electron chi connectivity index (χ3n) is 2.71. The normalized spacial score (nSPS) is 11.0. The van der Waals surface area contributed by atoms with E-state index < -0.39 is 0 Å². The van der Waals surface area contributed by atoms with Crippen molar-refractivity contribution in [2.45, 2.75) is 0 Å². The average Bonchev–Trinajstić information content (AvgIpc) is 2.65. The zero-order valence-electron chi connectivity index (χ0n) is 9.42. The van der Waals surface area contributed by atoms with E-state index >= 15 is 0 Å². The Kier molecular flexibility index (Phi) is 2.41. The number of oxazole rings is 1. The molecule has 0 fully saturated rings. The molecule has 0 radical (unpaired) electrons. The molecule has 6 heteroatoms. The van der Waals surface area contributed by atoms with Crippen molar-refractivity contribution >= 4 is 22.7 Å². The summed E-state index contributed by atoms with van der Waals surface area (Å²) in [4.78, 5) is 19.3. The lowest BCUT2D eigenvalue weighted by Gasteiger charge is -2.00. The van der Waals surface area contributed by atoms with Crippen LogP contribution < -0.4 is 5.76 Å². The number of rotatable bonds is 1. The van der Waals surface area contributed by atoms with Crippen LogP contribution in [-0.4, -0.2) is 14.5 Å². The van der Waals surface area contributed by atoms with E-state index in [0.717, 1.165) is 11.1 Å². The Bertz CT molecular complexity index is 791. The summed E-state index contributed by atoms with van der Waals surface area (Å²) in [5, 5.41) is 0.183. The molecule has 18 heavy (non-hydrogen) atoms. The summed E-state index contributed by atoms with van der Waals surface area (Å²) in [6, 6.07) is 7.17. The van der Waals surface area contributed by atoms with Gasteiger partial charge in [-0.2, -0.15) is 0 Å². The van der Waals surface area contributed by atoms with Crippen LogP contribution in [0, 0.1) is 0 Å². The van der Waals surface area contributed by atoms with Gasteiger partial charge in [-0.25, -0.2) is 14.8 Å². The van der Waals surface area contributed by atoms with Crippen molar-refractivity contribution in [3.8, 4) is 11.3 Å². The number of halogens is 1. The molecule has 0 atom stereocenters. The fourth-order valence-corrected chi connectivity index (χ4v) is 1.94. The van der Waals surface area contributed by atoms with Crippen LogP contribution in [0.2, 0.25) is 5.28 Å². The van der Waals surface area contributed by atoms with E-state index in [0.29, 0.717) is 11.3 Å². The predicted molar refractivity (Wildman–Crippen MR) is 67.5 cm³/mol. The number of aromatic nitrogens is 3. The van der Waals surface area contributed by atoms with Crippen LogP contribution in [0.5, 0.6) is 0 Å². The van der Waals surface area contributed by atoms with E-state index in [-0.39, 0.29) is 11.0 Å². The quantitative estimate of drug-likeness (QED) is 0.630. The van der Waals surface area contributed by atoms with Crippen molar-refractivity contribution in [2.75, 3.05) is 0 Å². The van der Waals surface area contributed by atoms with Gasteiger partial charge in [-0.15, -0.1) is 0 Å². The number of hydrogen-bond acceptors (Lipinski definition) is 4. The van der Waals surface area contributed by atoms with Crippen molar-refractivity contribution in [2.24, 2.45) is 7.05 Å². The molecule has 0 amide bonds. The molecule has 0 unspecified atom stereocenters. The van der Waals surface area contributed by atoms with Crippen LogP contribution in [0.1, 0.15) is 0 Å². The Balaban J connectivity index is 2.22. The van der Waals surface area contributed by atoms with Gasteiger partial charge in [-0.05, 0) is 29.8 Å². The number of aryl methyl sites for hydroxylation is 1. The van der Waals surface area contributed by atoms with E-state index in [1.54, 1.807) is 25.4 Å². The molecule has 1 aromatic carbocycles. The largest absolute Gasteiger partial charge is 0.419 e. The fourth-order valence-electron chi connectivity index (χ4n) is 1.79. The van der Waals surface area contributed by atoms with Gasteiger partial charge in [-0.3, -0.25) is 4.57 Å². The molecule has 0 aliphatic carbocycles. The molecule has 0 spiro atoms. The van der Waals surface area contributed by atoms with Crippen LogP contribution in [-0.2, 0) is 7.05 Å². The Morgan fingerprint density at radius 1 is 1.33 bits per heavy atom. The van der Waals surface area contributed by atoms with E-state index in [1.807, 2.05) is 12.1 Å². The van der Waals surface area contributed by atoms with Crippen molar-refractivity contribution in [1.82, 2.24) is 14.5 Å². The molecule has 3 aromatic rings. The van der Waals surface area contributed by atoms with E-state index in [4.69, 9.17) is 16.0 Å². The summed E-state index contributed by atoms with van der Waals surface area (Å²) in [7, 11) is 1.66. The zero-order valence-corrected chi connectivity index (χ0v) is 10.2. The Morgan fingerprint density at radius 3 is 2.94 bits per heavy atom. The smallest absolute Gasteiger partial charge is 0.408 e. The Hall–Kier alpha value is -2.14. The third kappa shape index (κ3) is 1.69. The monoisotopic (exact) mass is 261 g/mol. The maximum Gasteiger partial charge on any atom is 0.419 e. The van der Waals surface area contributed by atoms with Gasteiger partial charge in [0.2, 0.25) is 5.28 Å². The van der Waals surface area contributed by atoms with Crippen LogP contribution in [0.15, 0.2) is 39.7 Å². The first-order valence-corrected chi connectivity index (χ1v) is 5.61. The maximum atomic E-state index is 11.4. The topological polar surface area (TPSA) is 60.9 Å². The summed E-state index contributed by atoms with van der Waals surface area (Å²) in [5.41, 5.74) is 2.77. The molecule has 0 aliphatic heterocycles. The highest BCUT2D eigenvalue weighted by Crippen LogP contribution is 2.22. The third-order valence-corrected chi connectivity index (χ3v) is 2.90. The molecule has 0 bridgehead atoms.